The van der Waals surface area contributed by atoms with E-state index in [9.17, 15) is 0 Å². The second-order valence-corrected chi connectivity index (χ2v) is 12.6. The molecule has 186 valence electrons. The van der Waals surface area contributed by atoms with Crippen molar-refractivity contribution in [1.82, 2.24) is 9.97 Å². The Morgan fingerprint density at radius 1 is 1.21 bits per heavy atom. The predicted molar refractivity (Wildman–Crippen MR) is 144 cm³/mol. The van der Waals surface area contributed by atoms with Crippen molar-refractivity contribution in [3.05, 3.63) is 21.4 Å². The van der Waals surface area contributed by atoms with Crippen molar-refractivity contribution in [3.8, 4) is 0 Å². The van der Waals surface area contributed by atoms with Crippen LogP contribution in [0.15, 0.2) is 15.7 Å². The molecule has 5 nitrogen and oxygen atoms in total. The average Bonchev–Trinajstić information content (AvgIpc) is 2.90. The van der Waals surface area contributed by atoms with Crippen LogP contribution in [0.4, 0.5) is 10.2 Å². The number of anilines is 1. The van der Waals surface area contributed by atoms with Gasteiger partial charge in [-0.1, -0.05) is 43.1 Å². The van der Waals surface area contributed by atoms with E-state index in [0.29, 0.717) is 15.0 Å². The van der Waals surface area contributed by atoms with E-state index in [1.165, 1.54) is 18.2 Å². The minimum atomic E-state index is -0.495. The highest BCUT2D eigenvalue weighted by atomic mass is 79.9. The number of aromatic nitrogens is 2. The van der Waals surface area contributed by atoms with Gasteiger partial charge in [-0.2, -0.15) is 0 Å². The topological polar surface area (TPSA) is 47.5 Å². The Kier molecular flexibility index (Phi) is 8.10. The van der Waals surface area contributed by atoms with E-state index in [2.05, 4.69) is 53.5 Å². The lowest BCUT2D eigenvalue weighted by molar-refractivity contribution is 0.00578. The lowest BCUT2D eigenvalue weighted by Gasteiger charge is -2.32. The van der Waals surface area contributed by atoms with Gasteiger partial charge >= 0.3 is 7.12 Å². The molecule has 0 saturated carbocycles. The molecule has 2 fully saturated rings. The smallest absolute Gasteiger partial charge is 0.403 e. The molecule has 2 aliphatic rings. The molecular formula is C24H33BBrClFN3O2S. The number of hydrogen-bond donors (Lipinski definition) is 0. The zero-order valence-electron chi connectivity index (χ0n) is 20.6. The third-order valence-electron chi connectivity index (χ3n) is 7.24. The van der Waals surface area contributed by atoms with Crippen molar-refractivity contribution in [2.75, 3.05) is 17.2 Å². The van der Waals surface area contributed by atoms with Crippen LogP contribution in [0.1, 0.15) is 66.7 Å². The van der Waals surface area contributed by atoms with Gasteiger partial charge in [0.05, 0.1) is 21.6 Å². The van der Waals surface area contributed by atoms with E-state index in [1.54, 1.807) is 6.07 Å². The van der Waals surface area contributed by atoms with Gasteiger partial charge in [-0.25, -0.2) is 14.4 Å². The molecule has 1 unspecified atom stereocenters. The van der Waals surface area contributed by atoms with Crippen molar-refractivity contribution < 1.29 is 13.7 Å². The molecule has 2 saturated heterocycles. The van der Waals surface area contributed by atoms with Crippen molar-refractivity contribution in [1.29, 1.82) is 0 Å². The third kappa shape index (κ3) is 5.24. The van der Waals surface area contributed by atoms with Gasteiger partial charge in [0.1, 0.15) is 11.3 Å². The fourth-order valence-corrected chi connectivity index (χ4v) is 6.23. The highest BCUT2D eigenvalue weighted by molar-refractivity contribution is 9.10. The molecule has 1 aromatic heterocycles. The summed E-state index contributed by atoms with van der Waals surface area (Å²) in [7, 11) is -0.230. The van der Waals surface area contributed by atoms with Crippen LogP contribution in [0.3, 0.4) is 0 Å². The summed E-state index contributed by atoms with van der Waals surface area (Å²) in [6.07, 6.45) is 6.16. The Bertz CT molecular complexity index is 1040. The SMILES string of the molecule is CCSc1nc(N2CCCCCC2CCB2OC(C)(C)C(C)(C)O2)c2c(Br)cc(Cl)c(F)c2n1. The Labute approximate surface area is 220 Å². The number of halogens is 3. The molecule has 0 aliphatic carbocycles. The van der Waals surface area contributed by atoms with E-state index >= 15 is 4.39 Å². The highest BCUT2D eigenvalue weighted by Gasteiger charge is 2.50. The number of fused-ring (bicyclic) bond motifs is 1. The van der Waals surface area contributed by atoms with Gasteiger partial charge < -0.3 is 14.2 Å². The van der Waals surface area contributed by atoms with Crippen molar-refractivity contribution in [2.45, 2.75) is 95.4 Å². The Hall–Kier alpha value is -0.605. The van der Waals surface area contributed by atoms with Crippen LogP contribution in [0.2, 0.25) is 11.3 Å². The summed E-state index contributed by atoms with van der Waals surface area (Å²) < 4.78 is 28.3. The molecule has 2 aromatic rings. The molecule has 34 heavy (non-hydrogen) atoms. The zero-order valence-corrected chi connectivity index (χ0v) is 23.7. The van der Waals surface area contributed by atoms with Crippen LogP contribution >= 0.6 is 39.3 Å². The molecule has 0 radical (unpaired) electrons. The molecule has 0 bridgehead atoms. The van der Waals surface area contributed by atoms with Gasteiger partial charge in [0.15, 0.2) is 11.0 Å². The van der Waals surface area contributed by atoms with E-state index in [0.717, 1.165) is 50.1 Å². The van der Waals surface area contributed by atoms with E-state index in [-0.39, 0.29) is 34.9 Å². The minimum Gasteiger partial charge on any atom is -0.403 e. The van der Waals surface area contributed by atoms with Gasteiger partial charge in [0.25, 0.3) is 0 Å². The summed E-state index contributed by atoms with van der Waals surface area (Å²) >= 11 is 11.3. The van der Waals surface area contributed by atoms with Crippen LogP contribution in [0.25, 0.3) is 10.9 Å². The first kappa shape index (κ1) is 26.5. The molecule has 10 heteroatoms. The van der Waals surface area contributed by atoms with E-state index in [1.807, 2.05) is 6.92 Å². The average molecular weight is 573 g/mol. The highest BCUT2D eigenvalue weighted by Crippen LogP contribution is 2.41. The standard InChI is InChI=1S/C24H33BBrClFN3O2S/c1-6-34-22-29-20-18(16(26)14-17(27)19(20)28)21(30-22)31-13-9-7-8-10-15(31)11-12-25-32-23(2,3)24(4,5)33-25/h14-15H,6-13H2,1-5H3. The molecule has 1 aromatic carbocycles. The summed E-state index contributed by atoms with van der Waals surface area (Å²) in [6.45, 7) is 11.3. The van der Waals surface area contributed by atoms with Gasteiger partial charge in [-0.05, 0) is 81.0 Å². The van der Waals surface area contributed by atoms with Crippen LogP contribution < -0.4 is 4.90 Å². The largest absolute Gasteiger partial charge is 0.457 e. The van der Waals surface area contributed by atoms with Crippen molar-refractivity contribution in [3.63, 3.8) is 0 Å². The summed E-state index contributed by atoms with van der Waals surface area (Å²) in [5.74, 6) is 1.09. The van der Waals surface area contributed by atoms with Crippen LogP contribution in [0.5, 0.6) is 0 Å². The molecule has 4 rings (SSSR count). The number of rotatable bonds is 6. The molecule has 3 heterocycles. The summed E-state index contributed by atoms with van der Waals surface area (Å²) in [5.41, 5.74) is -0.399. The Balaban J connectivity index is 1.69. The molecule has 1 atom stereocenters. The van der Waals surface area contributed by atoms with Gasteiger partial charge in [-0.15, -0.1) is 0 Å². The first-order chi connectivity index (χ1) is 16.0. The molecule has 0 spiro atoms. The Morgan fingerprint density at radius 3 is 2.59 bits per heavy atom. The number of thioether (sulfide) groups is 1. The lowest BCUT2D eigenvalue weighted by Crippen LogP contribution is -2.41. The van der Waals surface area contributed by atoms with Crippen molar-refractivity contribution >= 4 is 63.1 Å². The van der Waals surface area contributed by atoms with E-state index in [4.69, 9.17) is 25.9 Å². The normalized spacial score (nSPS) is 22.4. The summed E-state index contributed by atoms with van der Waals surface area (Å²) in [5, 5.41) is 1.32. The van der Waals surface area contributed by atoms with Crippen LogP contribution in [-0.4, -0.2) is 46.6 Å². The quantitative estimate of drug-likeness (QED) is 0.154. The van der Waals surface area contributed by atoms with Gasteiger partial charge in [0, 0.05) is 17.1 Å². The molecule has 0 amide bonds. The third-order valence-corrected chi connectivity index (χ3v) is 8.87. The molecular weight excluding hydrogens is 540 g/mol. The van der Waals surface area contributed by atoms with Crippen LogP contribution in [0, 0.1) is 5.82 Å². The first-order valence-electron chi connectivity index (χ1n) is 12.1. The fraction of sp³-hybridized carbons (Fsp3) is 0.667. The first-order valence-corrected chi connectivity index (χ1v) is 14.3. The van der Waals surface area contributed by atoms with Gasteiger partial charge in [0.2, 0.25) is 0 Å². The summed E-state index contributed by atoms with van der Waals surface area (Å²) in [4.78, 5) is 11.8. The predicted octanol–water partition coefficient (Wildman–Crippen LogP) is 7.53. The maximum atomic E-state index is 15.1. The van der Waals surface area contributed by atoms with Gasteiger partial charge in [-0.3, -0.25) is 0 Å². The maximum Gasteiger partial charge on any atom is 0.457 e. The molecule has 2 aliphatic heterocycles. The lowest BCUT2D eigenvalue weighted by atomic mass is 9.80. The van der Waals surface area contributed by atoms with E-state index < -0.39 is 5.82 Å². The second-order valence-electron chi connectivity index (χ2n) is 10.1. The number of benzene rings is 1. The monoisotopic (exact) mass is 571 g/mol. The zero-order chi connectivity index (χ0) is 24.7. The van der Waals surface area contributed by atoms with Crippen LogP contribution in [-0.2, 0) is 9.31 Å². The minimum absolute atomic E-state index is 0.0599. The fourth-order valence-electron chi connectivity index (χ4n) is 4.74. The maximum absolute atomic E-state index is 15.1. The number of nitrogens with zero attached hydrogens (tertiary/aromatic N) is 3. The molecule has 0 N–H and O–H groups in total. The summed E-state index contributed by atoms with van der Waals surface area (Å²) in [6, 6.07) is 1.86. The second kappa shape index (κ2) is 10.4. The van der Waals surface area contributed by atoms with Crippen molar-refractivity contribution in [2.24, 2.45) is 0 Å². The Morgan fingerprint density at radius 2 is 1.91 bits per heavy atom. The number of hydrogen-bond acceptors (Lipinski definition) is 6.